The molecule has 106 valence electrons. The van der Waals surface area contributed by atoms with Crippen LogP contribution in [0, 0.1) is 5.92 Å². The molecule has 0 aromatic heterocycles. The molecule has 18 heavy (non-hydrogen) atoms. The third-order valence-corrected chi connectivity index (χ3v) is 4.07. The summed E-state index contributed by atoms with van der Waals surface area (Å²) in [6.07, 6.45) is 7.50. The summed E-state index contributed by atoms with van der Waals surface area (Å²) in [5, 5.41) is 6.43. The van der Waals surface area contributed by atoms with Crippen LogP contribution in [0.1, 0.15) is 66.2 Å². The fourth-order valence-corrected chi connectivity index (χ4v) is 2.89. The summed E-state index contributed by atoms with van der Waals surface area (Å²) in [6.45, 7) is 9.02. The van der Waals surface area contributed by atoms with Crippen LogP contribution in [-0.4, -0.2) is 24.0 Å². The molecule has 0 aromatic rings. The average molecular weight is 254 g/mol. The summed E-state index contributed by atoms with van der Waals surface area (Å²) in [6, 6.07) is 0.392. The lowest BCUT2D eigenvalue weighted by atomic mass is 9.83. The van der Waals surface area contributed by atoms with Crippen LogP contribution in [0.5, 0.6) is 0 Å². The van der Waals surface area contributed by atoms with Crippen LogP contribution in [0.25, 0.3) is 0 Å². The maximum absolute atomic E-state index is 12.2. The van der Waals surface area contributed by atoms with Crippen molar-refractivity contribution in [3.8, 4) is 0 Å². The molecule has 3 nitrogen and oxygen atoms in total. The second kappa shape index (κ2) is 7.13. The lowest BCUT2D eigenvalue weighted by Crippen LogP contribution is -2.55. The topological polar surface area (TPSA) is 41.1 Å². The van der Waals surface area contributed by atoms with Crippen LogP contribution in [-0.2, 0) is 4.79 Å². The van der Waals surface area contributed by atoms with E-state index >= 15 is 0 Å². The Labute approximate surface area is 112 Å². The Morgan fingerprint density at radius 3 is 2.28 bits per heavy atom. The first-order chi connectivity index (χ1) is 8.49. The number of nitrogens with one attached hydrogen (secondary N) is 2. The van der Waals surface area contributed by atoms with Gasteiger partial charge < -0.3 is 10.6 Å². The maximum Gasteiger partial charge on any atom is 0.239 e. The van der Waals surface area contributed by atoms with Crippen molar-refractivity contribution in [3.05, 3.63) is 0 Å². The van der Waals surface area contributed by atoms with Gasteiger partial charge in [0.1, 0.15) is 0 Å². The van der Waals surface area contributed by atoms with Crippen molar-refractivity contribution in [2.45, 2.75) is 77.8 Å². The van der Waals surface area contributed by atoms with Crippen molar-refractivity contribution < 1.29 is 4.79 Å². The molecular weight excluding hydrogens is 224 g/mol. The lowest BCUT2D eigenvalue weighted by Gasteiger charge is -2.32. The van der Waals surface area contributed by atoms with Crippen molar-refractivity contribution in [2.75, 3.05) is 6.54 Å². The molecule has 1 amide bonds. The summed E-state index contributed by atoms with van der Waals surface area (Å²) < 4.78 is 0. The molecule has 1 rings (SSSR count). The zero-order chi connectivity index (χ0) is 13.6. The van der Waals surface area contributed by atoms with Gasteiger partial charge in [0.2, 0.25) is 5.91 Å². The van der Waals surface area contributed by atoms with E-state index in [0.717, 1.165) is 25.3 Å². The van der Waals surface area contributed by atoms with Gasteiger partial charge in [-0.3, -0.25) is 4.79 Å². The minimum absolute atomic E-state index is 0.142. The second-order valence-electron chi connectivity index (χ2n) is 6.14. The van der Waals surface area contributed by atoms with E-state index < -0.39 is 5.54 Å². The van der Waals surface area contributed by atoms with Gasteiger partial charge in [0, 0.05) is 6.04 Å². The van der Waals surface area contributed by atoms with E-state index in [0.29, 0.717) is 6.04 Å². The van der Waals surface area contributed by atoms with Gasteiger partial charge in [-0.15, -0.1) is 0 Å². The molecule has 1 aliphatic carbocycles. The Hall–Kier alpha value is -0.570. The van der Waals surface area contributed by atoms with Gasteiger partial charge in [-0.25, -0.2) is 0 Å². The lowest BCUT2D eigenvalue weighted by molar-refractivity contribution is -0.127. The number of likely N-dealkylation sites (N-methyl/N-ethyl adjacent to an activating group) is 1. The average Bonchev–Trinajstić information content (AvgIpc) is 2.32. The molecule has 0 atom stereocenters. The molecule has 0 saturated heterocycles. The van der Waals surface area contributed by atoms with E-state index in [2.05, 4.69) is 17.6 Å². The fourth-order valence-electron chi connectivity index (χ4n) is 2.89. The van der Waals surface area contributed by atoms with Gasteiger partial charge in [-0.05, 0) is 52.0 Å². The largest absolute Gasteiger partial charge is 0.352 e. The third-order valence-electron chi connectivity index (χ3n) is 4.07. The normalized spacial score (nSPS) is 24.9. The summed E-state index contributed by atoms with van der Waals surface area (Å²) in [5.41, 5.74) is -0.449. The van der Waals surface area contributed by atoms with Crippen molar-refractivity contribution in [1.29, 1.82) is 0 Å². The second-order valence-corrected chi connectivity index (χ2v) is 6.14. The molecule has 0 bridgehead atoms. The molecule has 2 N–H and O–H groups in total. The Bertz CT molecular complexity index is 255. The van der Waals surface area contributed by atoms with Gasteiger partial charge >= 0.3 is 0 Å². The van der Waals surface area contributed by atoms with Crippen LogP contribution >= 0.6 is 0 Å². The van der Waals surface area contributed by atoms with Crippen molar-refractivity contribution in [3.63, 3.8) is 0 Å². The van der Waals surface area contributed by atoms with Crippen LogP contribution in [0.4, 0.5) is 0 Å². The van der Waals surface area contributed by atoms with E-state index in [1.165, 1.54) is 25.7 Å². The van der Waals surface area contributed by atoms with Crippen molar-refractivity contribution in [1.82, 2.24) is 10.6 Å². The van der Waals surface area contributed by atoms with E-state index in [-0.39, 0.29) is 5.91 Å². The maximum atomic E-state index is 12.2. The number of carbonyl (C=O) groups excluding carboxylic acids is 1. The molecule has 3 heteroatoms. The van der Waals surface area contributed by atoms with Crippen molar-refractivity contribution in [2.24, 2.45) is 5.92 Å². The first-order valence-electron chi connectivity index (χ1n) is 7.55. The summed E-state index contributed by atoms with van der Waals surface area (Å²) in [4.78, 5) is 12.2. The smallest absolute Gasteiger partial charge is 0.239 e. The predicted molar refractivity (Wildman–Crippen MR) is 76.6 cm³/mol. The summed E-state index contributed by atoms with van der Waals surface area (Å²) in [7, 11) is 0. The van der Waals surface area contributed by atoms with Crippen LogP contribution in [0.2, 0.25) is 0 Å². The monoisotopic (exact) mass is 254 g/mol. The highest BCUT2D eigenvalue weighted by atomic mass is 16.2. The summed E-state index contributed by atoms with van der Waals surface area (Å²) in [5.74, 6) is 1.04. The molecule has 1 aliphatic rings. The summed E-state index contributed by atoms with van der Waals surface area (Å²) >= 11 is 0. The number of hydrogen-bond donors (Lipinski definition) is 2. The van der Waals surface area contributed by atoms with E-state index in [4.69, 9.17) is 0 Å². The fraction of sp³-hybridized carbons (Fsp3) is 0.933. The Balaban J connectivity index is 2.34. The Morgan fingerprint density at radius 1 is 1.17 bits per heavy atom. The molecule has 0 aromatic carbocycles. The molecule has 0 heterocycles. The zero-order valence-electron chi connectivity index (χ0n) is 12.5. The molecule has 1 fully saturated rings. The Kier molecular flexibility index (Phi) is 6.13. The van der Waals surface area contributed by atoms with Gasteiger partial charge in [0.15, 0.2) is 0 Å². The molecule has 0 unspecified atom stereocenters. The predicted octanol–water partition coefficient (Wildman–Crippen LogP) is 2.85. The number of hydrogen-bond acceptors (Lipinski definition) is 2. The van der Waals surface area contributed by atoms with Gasteiger partial charge in [-0.1, -0.05) is 26.7 Å². The van der Waals surface area contributed by atoms with Crippen LogP contribution in [0.3, 0.4) is 0 Å². The van der Waals surface area contributed by atoms with Gasteiger partial charge in [-0.2, -0.15) is 0 Å². The molecule has 0 spiro atoms. The first kappa shape index (κ1) is 15.5. The quantitative estimate of drug-likeness (QED) is 0.765. The number of rotatable bonds is 6. The highest BCUT2D eigenvalue weighted by Crippen LogP contribution is 2.27. The van der Waals surface area contributed by atoms with E-state index in [9.17, 15) is 4.79 Å². The van der Waals surface area contributed by atoms with Crippen molar-refractivity contribution >= 4 is 5.91 Å². The Morgan fingerprint density at radius 2 is 1.78 bits per heavy atom. The standard InChI is InChI=1S/C15H30N2O/c1-5-7-12-8-10-13(11-9-12)17-14(18)15(3,4)16-6-2/h12-13,16H,5-11H2,1-4H3,(H,17,18). The van der Waals surface area contributed by atoms with Crippen LogP contribution < -0.4 is 10.6 Å². The zero-order valence-corrected chi connectivity index (χ0v) is 12.5. The minimum atomic E-state index is -0.449. The first-order valence-corrected chi connectivity index (χ1v) is 7.55. The molecule has 0 radical (unpaired) electrons. The minimum Gasteiger partial charge on any atom is -0.352 e. The van der Waals surface area contributed by atoms with E-state index in [1.54, 1.807) is 0 Å². The number of amides is 1. The highest BCUT2D eigenvalue weighted by Gasteiger charge is 2.29. The van der Waals surface area contributed by atoms with E-state index in [1.807, 2.05) is 20.8 Å². The van der Waals surface area contributed by atoms with Gasteiger partial charge in [0.05, 0.1) is 5.54 Å². The molecular formula is C15H30N2O. The van der Waals surface area contributed by atoms with Crippen LogP contribution in [0.15, 0.2) is 0 Å². The SMILES string of the molecule is CCCC1CCC(NC(=O)C(C)(C)NCC)CC1. The highest BCUT2D eigenvalue weighted by molar-refractivity contribution is 5.85. The number of carbonyl (C=O) groups is 1. The van der Waals surface area contributed by atoms with Gasteiger partial charge in [0.25, 0.3) is 0 Å². The third kappa shape index (κ3) is 4.60. The molecule has 0 aliphatic heterocycles. The molecule has 1 saturated carbocycles.